The first kappa shape index (κ1) is 21.7. The molecule has 2 atom stereocenters. The number of rotatable bonds is 5. The average Bonchev–Trinajstić information content (AvgIpc) is 3.18. The average molecular weight is 461 g/mol. The van der Waals surface area contributed by atoms with E-state index in [2.05, 4.69) is 4.99 Å². The van der Waals surface area contributed by atoms with E-state index in [1.165, 1.54) is 11.8 Å². The number of aliphatic imine (C=N–C) groups is 1. The van der Waals surface area contributed by atoms with Gasteiger partial charge >= 0.3 is 0 Å². The highest BCUT2D eigenvalue weighted by atomic mass is 32.2. The molecule has 2 fully saturated rings. The first-order valence-corrected chi connectivity index (χ1v) is 12.5. The van der Waals surface area contributed by atoms with Crippen molar-refractivity contribution in [3.63, 3.8) is 0 Å². The Morgan fingerprint density at radius 1 is 1.13 bits per heavy atom. The first-order valence-electron chi connectivity index (χ1n) is 9.85. The topological polar surface area (TPSA) is 85.3 Å². The largest absolute Gasteiger partial charge is 0.493 e. The SMILES string of the molecule is COc1ccc(CC(=O)N=C2S[C@H]3CS(=O)(=O)C[C@@H]3N2c2cccc(C)c2)cc1OC. The van der Waals surface area contributed by atoms with Gasteiger partial charge in [0.15, 0.2) is 26.5 Å². The second-order valence-corrected chi connectivity index (χ2v) is 11.0. The predicted molar refractivity (Wildman–Crippen MR) is 123 cm³/mol. The molecular weight excluding hydrogens is 436 g/mol. The first-order chi connectivity index (χ1) is 14.8. The van der Waals surface area contributed by atoms with Gasteiger partial charge in [-0.1, -0.05) is 30.0 Å². The van der Waals surface area contributed by atoms with Gasteiger partial charge < -0.3 is 14.4 Å². The number of ether oxygens (including phenoxy) is 2. The molecule has 0 unspecified atom stereocenters. The normalized spacial score (nSPS) is 23.1. The quantitative estimate of drug-likeness (QED) is 0.678. The van der Waals surface area contributed by atoms with Crippen molar-refractivity contribution in [2.24, 2.45) is 4.99 Å². The third-order valence-electron chi connectivity index (χ3n) is 5.37. The lowest BCUT2D eigenvalue weighted by Crippen LogP contribution is -2.37. The smallest absolute Gasteiger partial charge is 0.252 e. The summed E-state index contributed by atoms with van der Waals surface area (Å²) in [6, 6.07) is 12.9. The van der Waals surface area contributed by atoms with Crippen LogP contribution in [0.1, 0.15) is 11.1 Å². The summed E-state index contributed by atoms with van der Waals surface area (Å²) >= 11 is 1.38. The number of thioether (sulfide) groups is 1. The van der Waals surface area contributed by atoms with Crippen molar-refractivity contribution in [1.29, 1.82) is 0 Å². The zero-order valence-electron chi connectivity index (χ0n) is 17.6. The molecule has 0 radical (unpaired) electrons. The summed E-state index contributed by atoms with van der Waals surface area (Å²) in [4.78, 5) is 19.1. The molecule has 0 spiro atoms. The van der Waals surface area contributed by atoms with E-state index < -0.39 is 9.84 Å². The fraction of sp³-hybridized carbons (Fsp3) is 0.364. The number of carbonyl (C=O) groups excluding carboxylic acids is 1. The van der Waals surface area contributed by atoms with Crippen LogP contribution in [0.4, 0.5) is 5.69 Å². The van der Waals surface area contributed by atoms with Gasteiger partial charge in [0.2, 0.25) is 0 Å². The van der Waals surface area contributed by atoms with E-state index in [1.54, 1.807) is 32.4 Å². The molecule has 2 aromatic carbocycles. The molecule has 0 saturated carbocycles. The van der Waals surface area contributed by atoms with Crippen LogP contribution in [-0.4, -0.2) is 56.5 Å². The maximum absolute atomic E-state index is 12.8. The van der Waals surface area contributed by atoms with E-state index in [-0.39, 0.29) is 35.1 Å². The fourth-order valence-electron chi connectivity index (χ4n) is 3.96. The molecule has 1 amide bonds. The molecule has 0 aromatic heterocycles. The molecule has 2 aliphatic rings. The van der Waals surface area contributed by atoms with Crippen LogP contribution in [0.2, 0.25) is 0 Å². The number of amidine groups is 1. The summed E-state index contributed by atoms with van der Waals surface area (Å²) in [5.41, 5.74) is 2.68. The van der Waals surface area contributed by atoms with Crippen molar-refractivity contribution >= 4 is 38.4 Å². The van der Waals surface area contributed by atoms with Crippen molar-refractivity contribution in [2.45, 2.75) is 24.6 Å². The van der Waals surface area contributed by atoms with Crippen molar-refractivity contribution in [3.8, 4) is 11.5 Å². The molecule has 7 nitrogen and oxygen atoms in total. The number of nitrogens with zero attached hydrogens (tertiary/aromatic N) is 2. The molecule has 164 valence electrons. The van der Waals surface area contributed by atoms with Crippen LogP contribution in [0.5, 0.6) is 11.5 Å². The van der Waals surface area contributed by atoms with Gasteiger partial charge in [-0.3, -0.25) is 4.79 Å². The Kier molecular flexibility index (Phi) is 5.98. The van der Waals surface area contributed by atoms with Gasteiger partial charge in [-0.2, -0.15) is 4.99 Å². The number of hydrogen-bond acceptors (Lipinski definition) is 6. The minimum absolute atomic E-state index is 0.0709. The summed E-state index contributed by atoms with van der Waals surface area (Å²) in [5.74, 6) is 1.03. The number of sulfone groups is 1. The van der Waals surface area contributed by atoms with Crippen LogP contribution in [-0.2, 0) is 21.1 Å². The van der Waals surface area contributed by atoms with Crippen molar-refractivity contribution in [3.05, 3.63) is 53.6 Å². The second-order valence-electron chi connectivity index (χ2n) is 7.66. The molecule has 2 heterocycles. The lowest BCUT2D eigenvalue weighted by Gasteiger charge is -2.24. The van der Waals surface area contributed by atoms with Crippen molar-refractivity contribution < 1.29 is 22.7 Å². The van der Waals surface area contributed by atoms with E-state index in [0.29, 0.717) is 16.7 Å². The van der Waals surface area contributed by atoms with Gasteiger partial charge in [0, 0.05) is 10.9 Å². The Morgan fingerprint density at radius 3 is 2.61 bits per heavy atom. The van der Waals surface area contributed by atoms with Gasteiger partial charge in [-0.15, -0.1) is 0 Å². The molecule has 2 saturated heterocycles. The van der Waals surface area contributed by atoms with Crippen LogP contribution in [0.15, 0.2) is 47.5 Å². The Balaban J connectivity index is 1.61. The number of hydrogen-bond donors (Lipinski definition) is 0. The zero-order valence-corrected chi connectivity index (χ0v) is 19.2. The number of benzene rings is 2. The summed E-state index contributed by atoms with van der Waals surface area (Å²) in [7, 11) is 0.00596. The Bertz CT molecular complexity index is 1150. The van der Waals surface area contributed by atoms with Crippen LogP contribution >= 0.6 is 11.8 Å². The van der Waals surface area contributed by atoms with Gasteiger partial charge in [-0.05, 0) is 42.3 Å². The summed E-state index contributed by atoms with van der Waals surface area (Å²) in [6.07, 6.45) is 0.111. The standard InChI is InChI=1S/C22H24N2O5S2/c1-14-5-4-6-16(9-14)24-17-12-31(26,27)13-20(17)30-22(24)23-21(25)11-15-7-8-18(28-2)19(10-15)29-3/h4-10,17,20H,11-13H2,1-3H3/t17-,20-/m0/s1. The highest BCUT2D eigenvalue weighted by Gasteiger charge is 2.49. The maximum Gasteiger partial charge on any atom is 0.252 e. The van der Waals surface area contributed by atoms with E-state index in [9.17, 15) is 13.2 Å². The molecule has 2 aliphatic heterocycles. The highest BCUT2D eigenvalue weighted by molar-refractivity contribution is 8.16. The molecule has 4 rings (SSSR count). The molecule has 9 heteroatoms. The third kappa shape index (κ3) is 4.57. The van der Waals surface area contributed by atoms with Crippen molar-refractivity contribution in [1.82, 2.24) is 0 Å². The zero-order chi connectivity index (χ0) is 22.2. The van der Waals surface area contributed by atoms with Gasteiger partial charge in [-0.25, -0.2) is 8.42 Å². The number of anilines is 1. The van der Waals surface area contributed by atoms with E-state index >= 15 is 0 Å². The molecular formula is C22H24N2O5S2. The molecule has 0 N–H and O–H groups in total. The highest BCUT2D eigenvalue weighted by Crippen LogP contribution is 2.41. The number of fused-ring (bicyclic) bond motifs is 1. The van der Waals surface area contributed by atoms with E-state index in [1.807, 2.05) is 36.1 Å². The molecule has 2 aromatic rings. The molecule has 0 bridgehead atoms. The van der Waals surface area contributed by atoms with Crippen LogP contribution in [0.25, 0.3) is 0 Å². The molecule has 0 aliphatic carbocycles. The van der Waals surface area contributed by atoms with E-state index in [4.69, 9.17) is 9.47 Å². The maximum atomic E-state index is 12.8. The Hall–Kier alpha value is -2.52. The van der Waals surface area contributed by atoms with Crippen LogP contribution < -0.4 is 14.4 Å². The fourth-order valence-corrected chi connectivity index (χ4v) is 7.89. The second kappa shape index (κ2) is 8.55. The van der Waals surface area contributed by atoms with Gasteiger partial charge in [0.25, 0.3) is 5.91 Å². The Morgan fingerprint density at radius 2 is 1.90 bits per heavy atom. The van der Waals surface area contributed by atoms with Gasteiger partial charge in [0.05, 0.1) is 38.2 Å². The summed E-state index contributed by atoms with van der Waals surface area (Å²) < 4.78 is 34.9. The number of aryl methyl sites for hydroxylation is 1. The molecule has 31 heavy (non-hydrogen) atoms. The minimum Gasteiger partial charge on any atom is -0.493 e. The summed E-state index contributed by atoms with van der Waals surface area (Å²) in [6.45, 7) is 1.98. The summed E-state index contributed by atoms with van der Waals surface area (Å²) in [5, 5.41) is 0.430. The third-order valence-corrected chi connectivity index (χ3v) is 8.58. The van der Waals surface area contributed by atoms with Crippen LogP contribution in [0.3, 0.4) is 0 Å². The minimum atomic E-state index is -3.10. The van der Waals surface area contributed by atoms with Crippen molar-refractivity contribution in [2.75, 3.05) is 30.6 Å². The monoisotopic (exact) mass is 460 g/mol. The van der Waals surface area contributed by atoms with Crippen LogP contribution in [0, 0.1) is 6.92 Å². The Labute approximate surface area is 186 Å². The van der Waals surface area contributed by atoms with E-state index in [0.717, 1.165) is 16.8 Å². The number of methoxy groups -OCH3 is 2. The van der Waals surface area contributed by atoms with Gasteiger partial charge in [0.1, 0.15) is 0 Å². The lowest BCUT2D eigenvalue weighted by molar-refractivity contribution is -0.117. The predicted octanol–water partition coefficient (Wildman–Crippen LogP) is 2.86. The lowest BCUT2D eigenvalue weighted by atomic mass is 10.1. The number of carbonyl (C=O) groups is 1. The number of amides is 1.